The Morgan fingerprint density at radius 2 is 1.86 bits per heavy atom. The van der Waals surface area contributed by atoms with E-state index in [4.69, 9.17) is 4.42 Å². The summed E-state index contributed by atoms with van der Waals surface area (Å²) >= 11 is 0. The molecular weight excluding hydrogens is 288 g/mol. The van der Waals surface area contributed by atoms with Gasteiger partial charge in [0.25, 0.3) is 0 Å². The van der Waals surface area contributed by atoms with Crippen molar-refractivity contribution >= 4 is 20.9 Å². The summed E-state index contributed by atoms with van der Waals surface area (Å²) in [6.45, 7) is 5.79. The van der Waals surface area contributed by atoms with Gasteiger partial charge in [-0.15, -0.1) is 0 Å². The number of aryl methyl sites for hydroxylation is 2. The number of sulfone groups is 1. The first kappa shape index (κ1) is 13.9. The van der Waals surface area contributed by atoms with Crippen LogP contribution in [-0.2, 0) is 9.84 Å². The summed E-state index contributed by atoms with van der Waals surface area (Å²) in [4.78, 5) is 7.99. The van der Waals surface area contributed by atoms with Crippen LogP contribution in [0.1, 0.15) is 17.1 Å². The van der Waals surface area contributed by atoms with E-state index in [2.05, 4.69) is 9.97 Å². The number of benzene rings is 1. The standard InChI is InChI=1S/C15H16N2O3S/c1-8-9(2)20-10(3)14(8)15-16-12-6-5-11(21(4,18)19)7-13(12)17-15/h5-7H,1-4H3,(H,16,17). The van der Waals surface area contributed by atoms with E-state index in [9.17, 15) is 8.42 Å². The first-order valence-corrected chi connectivity index (χ1v) is 8.43. The molecule has 1 aromatic carbocycles. The van der Waals surface area contributed by atoms with Crippen molar-refractivity contribution in [3.05, 3.63) is 35.3 Å². The van der Waals surface area contributed by atoms with Crippen LogP contribution in [0.25, 0.3) is 22.4 Å². The summed E-state index contributed by atoms with van der Waals surface area (Å²) in [6, 6.07) is 4.89. The molecule has 0 atom stereocenters. The molecule has 0 bridgehead atoms. The van der Waals surface area contributed by atoms with Gasteiger partial charge in [0.1, 0.15) is 17.3 Å². The Labute approximate surface area is 122 Å². The molecule has 0 unspecified atom stereocenters. The van der Waals surface area contributed by atoms with Gasteiger partial charge in [0.2, 0.25) is 0 Å². The average molecular weight is 304 g/mol. The molecule has 0 aliphatic rings. The number of imidazole rings is 1. The summed E-state index contributed by atoms with van der Waals surface area (Å²) in [5.41, 5.74) is 3.40. The molecule has 3 rings (SSSR count). The number of hydrogen-bond donors (Lipinski definition) is 1. The maximum atomic E-state index is 11.6. The molecule has 110 valence electrons. The van der Waals surface area contributed by atoms with E-state index in [1.165, 1.54) is 6.26 Å². The highest BCUT2D eigenvalue weighted by Gasteiger charge is 2.17. The molecule has 2 heterocycles. The van der Waals surface area contributed by atoms with E-state index in [0.717, 1.165) is 28.2 Å². The fourth-order valence-electron chi connectivity index (χ4n) is 2.48. The van der Waals surface area contributed by atoms with Crippen LogP contribution in [0.2, 0.25) is 0 Å². The van der Waals surface area contributed by atoms with Crippen LogP contribution >= 0.6 is 0 Å². The van der Waals surface area contributed by atoms with Crippen LogP contribution in [0.5, 0.6) is 0 Å². The number of aromatic amines is 1. The molecule has 0 fully saturated rings. The molecule has 2 aromatic heterocycles. The SMILES string of the molecule is Cc1oc(C)c(-c2nc3ccc(S(C)(=O)=O)cc3[nH]2)c1C. The van der Waals surface area contributed by atoms with Crippen LogP contribution in [0.3, 0.4) is 0 Å². The average Bonchev–Trinajstić information content (AvgIpc) is 2.89. The van der Waals surface area contributed by atoms with Crippen LogP contribution < -0.4 is 0 Å². The Morgan fingerprint density at radius 3 is 2.43 bits per heavy atom. The van der Waals surface area contributed by atoms with E-state index in [0.29, 0.717) is 11.3 Å². The van der Waals surface area contributed by atoms with Crippen LogP contribution in [-0.4, -0.2) is 24.6 Å². The largest absolute Gasteiger partial charge is 0.466 e. The minimum Gasteiger partial charge on any atom is -0.466 e. The third-order valence-electron chi connectivity index (χ3n) is 3.68. The zero-order chi connectivity index (χ0) is 15.4. The summed E-state index contributed by atoms with van der Waals surface area (Å²) in [7, 11) is -3.23. The Balaban J connectivity index is 2.22. The molecule has 1 N–H and O–H groups in total. The van der Waals surface area contributed by atoms with Crippen molar-refractivity contribution in [3.63, 3.8) is 0 Å². The topological polar surface area (TPSA) is 76.0 Å². The molecular formula is C15H16N2O3S. The third kappa shape index (κ3) is 2.25. The van der Waals surface area contributed by atoms with Gasteiger partial charge in [-0.1, -0.05) is 0 Å². The second kappa shape index (κ2) is 4.46. The zero-order valence-electron chi connectivity index (χ0n) is 12.3. The van der Waals surface area contributed by atoms with Crippen molar-refractivity contribution in [2.24, 2.45) is 0 Å². The number of furan rings is 1. The number of fused-ring (bicyclic) bond motifs is 1. The van der Waals surface area contributed by atoms with Gasteiger partial charge in [-0.25, -0.2) is 13.4 Å². The molecule has 0 saturated heterocycles. The smallest absolute Gasteiger partial charge is 0.175 e. The van der Waals surface area contributed by atoms with E-state index in [1.807, 2.05) is 20.8 Å². The van der Waals surface area contributed by atoms with Crippen molar-refractivity contribution in [3.8, 4) is 11.4 Å². The Bertz CT molecular complexity index is 949. The van der Waals surface area contributed by atoms with E-state index in [1.54, 1.807) is 18.2 Å². The van der Waals surface area contributed by atoms with E-state index < -0.39 is 9.84 Å². The van der Waals surface area contributed by atoms with Crippen LogP contribution in [0.15, 0.2) is 27.5 Å². The van der Waals surface area contributed by atoms with Gasteiger partial charge in [-0.05, 0) is 39.0 Å². The van der Waals surface area contributed by atoms with Crippen molar-refractivity contribution in [2.75, 3.05) is 6.26 Å². The predicted octanol–water partition coefficient (Wildman–Crippen LogP) is 3.15. The summed E-state index contributed by atoms with van der Waals surface area (Å²) in [6.07, 6.45) is 1.19. The predicted molar refractivity (Wildman–Crippen MR) is 81.1 cm³/mol. The van der Waals surface area contributed by atoms with Gasteiger partial charge in [0.05, 0.1) is 21.5 Å². The fraction of sp³-hybridized carbons (Fsp3) is 0.267. The van der Waals surface area contributed by atoms with Crippen LogP contribution in [0.4, 0.5) is 0 Å². The molecule has 6 heteroatoms. The summed E-state index contributed by atoms with van der Waals surface area (Å²) in [5, 5.41) is 0. The number of rotatable bonds is 2. The number of aromatic nitrogens is 2. The number of nitrogens with one attached hydrogen (secondary N) is 1. The first-order chi connectivity index (χ1) is 9.77. The zero-order valence-corrected chi connectivity index (χ0v) is 13.1. The van der Waals surface area contributed by atoms with Gasteiger partial charge in [0.15, 0.2) is 9.84 Å². The third-order valence-corrected chi connectivity index (χ3v) is 4.79. The van der Waals surface area contributed by atoms with Gasteiger partial charge >= 0.3 is 0 Å². The lowest BCUT2D eigenvalue weighted by atomic mass is 10.1. The number of nitrogens with zero attached hydrogens (tertiary/aromatic N) is 1. The Morgan fingerprint density at radius 1 is 1.14 bits per heavy atom. The molecule has 0 spiro atoms. The van der Waals surface area contributed by atoms with Crippen molar-refractivity contribution < 1.29 is 12.8 Å². The van der Waals surface area contributed by atoms with Crippen molar-refractivity contribution in [1.29, 1.82) is 0 Å². The second-order valence-electron chi connectivity index (χ2n) is 5.25. The summed E-state index contributed by atoms with van der Waals surface area (Å²) < 4.78 is 28.8. The first-order valence-electron chi connectivity index (χ1n) is 6.54. The lowest BCUT2D eigenvalue weighted by molar-refractivity contribution is 0.503. The Kier molecular flexibility index (Phi) is 2.95. The Hall–Kier alpha value is -2.08. The monoisotopic (exact) mass is 304 g/mol. The van der Waals surface area contributed by atoms with Gasteiger partial charge in [0, 0.05) is 11.8 Å². The lowest BCUT2D eigenvalue weighted by Gasteiger charge is -1.96. The highest BCUT2D eigenvalue weighted by molar-refractivity contribution is 7.90. The summed E-state index contributed by atoms with van der Waals surface area (Å²) in [5.74, 6) is 2.36. The highest BCUT2D eigenvalue weighted by atomic mass is 32.2. The van der Waals surface area contributed by atoms with Gasteiger partial charge < -0.3 is 9.40 Å². The maximum Gasteiger partial charge on any atom is 0.175 e. The molecule has 0 amide bonds. The van der Waals surface area contributed by atoms with Crippen molar-refractivity contribution in [2.45, 2.75) is 25.7 Å². The quantitative estimate of drug-likeness (QED) is 0.789. The number of H-pyrrole nitrogens is 1. The maximum absolute atomic E-state index is 11.6. The fourth-order valence-corrected chi connectivity index (χ4v) is 3.13. The second-order valence-corrected chi connectivity index (χ2v) is 7.27. The molecule has 0 saturated carbocycles. The molecule has 0 aliphatic carbocycles. The minimum atomic E-state index is -3.23. The molecule has 0 aliphatic heterocycles. The highest BCUT2D eigenvalue weighted by Crippen LogP contribution is 2.31. The van der Waals surface area contributed by atoms with Gasteiger partial charge in [-0.2, -0.15) is 0 Å². The lowest BCUT2D eigenvalue weighted by Crippen LogP contribution is -1.96. The van der Waals surface area contributed by atoms with Crippen LogP contribution in [0, 0.1) is 20.8 Å². The van der Waals surface area contributed by atoms with Crippen molar-refractivity contribution in [1.82, 2.24) is 9.97 Å². The molecule has 5 nitrogen and oxygen atoms in total. The molecule has 21 heavy (non-hydrogen) atoms. The molecule has 3 aromatic rings. The molecule has 0 radical (unpaired) electrons. The normalized spacial score (nSPS) is 12.2. The minimum absolute atomic E-state index is 0.280. The number of hydrogen-bond acceptors (Lipinski definition) is 4. The van der Waals surface area contributed by atoms with Gasteiger partial charge in [-0.3, -0.25) is 0 Å². The van der Waals surface area contributed by atoms with E-state index >= 15 is 0 Å². The van der Waals surface area contributed by atoms with E-state index in [-0.39, 0.29) is 4.90 Å².